The van der Waals surface area contributed by atoms with Crippen molar-refractivity contribution in [1.29, 1.82) is 0 Å². The molecule has 20 heavy (non-hydrogen) atoms. The van der Waals surface area contributed by atoms with Crippen LogP contribution in [0, 0.1) is 5.92 Å². The third-order valence-corrected chi connectivity index (χ3v) is 3.59. The molecule has 1 rings (SSSR count). The number of hydrogen-bond acceptors (Lipinski definition) is 2. The van der Waals surface area contributed by atoms with E-state index in [4.69, 9.17) is 4.99 Å². The number of hydrogen-bond donors (Lipinski definition) is 2. The molecule has 120 valence electrons. The van der Waals surface area contributed by atoms with Gasteiger partial charge in [0, 0.05) is 18.6 Å². The quantitative estimate of drug-likeness (QED) is 0.412. The van der Waals surface area contributed by atoms with Crippen molar-refractivity contribution in [3.63, 3.8) is 0 Å². The molecule has 0 radical (unpaired) electrons. The molecule has 2 N–H and O–H groups in total. The molecule has 0 bridgehead atoms. The Morgan fingerprint density at radius 1 is 1.15 bits per heavy atom. The minimum absolute atomic E-state index is 0. The molecule has 0 aliphatic carbocycles. The van der Waals surface area contributed by atoms with E-state index in [9.17, 15) is 0 Å². The molecule has 1 heterocycles. The number of nitrogens with one attached hydrogen (secondary N) is 2. The largest absolute Gasteiger partial charge is 0.357 e. The molecule has 1 fully saturated rings. The van der Waals surface area contributed by atoms with E-state index in [1.165, 1.54) is 25.9 Å². The van der Waals surface area contributed by atoms with E-state index >= 15 is 0 Å². The van der Waals surface area contributed by atoms with Crippen LogP contribution < -0.4 is 10.6 Å². The fourth-order valence-corrected chi connectivity index (χ4v) is 2.60. The summed E-state index contributed by atoms with van der Waals surface area (Å²) in [4.78, 5) is 7.38. The molecule has 1 saturated heterocycles. The van der Waals surface area contributed by atoms with Crippen LogP contribution in [0.4, 0.5) is 0 Å². The van der Waals surface area contributed by atoms with Gasteiger partial charge in [-0.3, -0.25) is 9.89 Å². The highest BCUT2D eigenvalue weighted by Gasteiger charge is 2.24. The Labute approximate surface area is 142 Å². The van der Waals surface area contributed by atoms with Gasteiger partial charge in [0.1, 0.15) is 0 Å². The maximum atomic E-state index is 4.77. The summed E-state index contributed by atoms with van der Waals surface area (Å²) < 4.78 is 0. The lowest BCUT2D eigenvalue weighted by molar-refractivity contribution is 0.197. The van der Waals surface area contributed by atoms with Gasteiger partial charge in [-0.25, -0.2) is 0 Å². The molecule has 0 saturated carbocycles. The van der Waals surface area contributed by atoms with Gasteiger partial charge in [-0.2, -0.15) is 0 Å². The molecule has 0 amide bonds. The summed E-state index contributed by atoms with van der Waals surface area (Å²) in [6, 6.07) is 0.993. The summed E-state index contributed by atoms with van der Waals surface area (Å²) in [5.41, 5.74) is 0. The molecular weight excluding hydrogens is 363 g/mol. The molecule has 0 spiro atoms. The SMILES string of the molecule is CCNC(=NCC(C(C)C)N1CCCC1)NC(C)C.I. The highest BCUT2D eigenvalue weighted by atomic mass is 127. The zero-order chi connectivity index (χ0) is 14.3. The van der Waals surface area contributed by atoms with Crippen molar-refractivity contribution in [3.05, 3.63) is 0 Å². The topological polar surface area (TPSA) is 39.7 Å². The van der Waals surface area contributed by atoms with Crippen molar-refractivity contribution in [2.75, 3.05) is 26.2 Å². The van der Waals surface area contributed by atoms with Crippen LogP contribution in [0.1, 0.15) is 47.5 Å². The maximum absolute atomic E-state index is 4.77. The number of nitrogens with zero attached hydrogens (tertiary/aromatic N) is 2. The lowest BCUT2D eigenvalue weighted by Crippen LogP contribution is -2.43. The number of halogens is 1. The van der Waals surface area contributed by atoms with E-state index in [2.05, 4.69) is 50.2 Å². The fourth-order valence-electron chi connectivity index (χ4n) is 2.60. The Morgan fingerprint density at radius 3 is 2.20 bits per heavy atom. The van der Waals surface area contributed by atoms with Crippen molar-refractivity contribution in [1.82, 2.24) is 15.5 Å². The van der Waals surface area contributed by atoms with E-state index in [1.807, 2.05) is 0 Å². The number of aliphatic imine (C=N–C) groups is 1. The van der Waals surface area contributed by atoms with E-state index in [0.29, 0.717) is 18.0 Å². The zero-order valence-electron chi connectivity index (χ0n) is 13.8. The fraction of sp³-hybridized carbons (Fsp3) is 0.933. The predicted molar refractivity (Wildman–Crippen MR) is 99.1 cm³/mol. The van der Waals surface area contributed by atoms with Crippen molar-refractivity contribution >= 4 is 29.9 Å². The van der Waals surface area contributed by atoms with Crippen molar-refractivity contribution in [3.8, 4) is 0 Å². The number of rotatable bonds is 6. The van der Waals surface area contributed by atoms with Crippen LogP contribution in [-0.4, -0.2) is 49.1 Å². The highest BCUT2D eigenvalue weighted by Crippen LogP contribution is 2.17. The van der Waals surface area contributed by atoms with Gasteiger partial charge in [-0.15, -0.1) is 24.0 Å². The minimum atomic E-state index is 0. The van der Waals surface area contributed by atoms with E-state index < -0.39 is 0 Å². The molecule has 0 aromatic rings. The highest BCUT2D eigenvalue weighted by molar-refractivity contribution is 14.0. The van der Waals surface area contributed by atoms with Crippen molar-refractivity contribution in [2.24, 2.45) is 10.9 Å². The summed E-state index contributed by atoms with van der Waals surface area (Å²) in [5.74, 6) is 1.60. The lowest BCUT2D eigenvalue weighted by atomic mass is 10.0. The standard InChI is InChI=1S/C15H32N4.HI/c1-6-16-15(18-13(4)5)17-11-14(12(2)3)19-9-7-8-10-19;/h12-14H,6-11H2,1-5H3,(H2,16,17,18);1H. The predicted octanol–water partition coefficient (Wildman–Crippen LogP) is 2.69. The van der Waals surface area contributed by atoms with Gasteiger partial charge >= 0.3 is 0 Å². The van der Waals surface area contributed by atoms with Crippen LogP contribution in [0.25, 0.3) is 0 Å². The third kappa shape index (κ3) is 7.11. The molecule has 0 aromatic heterocycles. The minimum Gasteiger partial charge on any atom is -0.357 e. The van der Waals surface area contributed by atoms with Gasteiger partial charge in [-0.1, -0.05) is 13.8 Å². The van der Waals surface area contributed by atoms with E-state index in [-0.39, 0.29) is 24.0 Å². The van der Waals surface area contributed by atoms with Gasteiger partial charge < -0.3 is 10.6 Å². The molecule has 1 atom stereocenters. The Kier molecular flexibility index (Phi) is 10.6. The van der Waals surface area contributed by atoms with Gasteiger partial charge in [0.25, 0.3) is 0 Å². The molecular formula is C15H33IN4. The third-order valence-electron chi connectivity index (χ3n) is 3.59. The second-order valence-electron chi connectivity index (χ2n) is 6.07. The Bertz CT molecular complexity index is 273. The Hall–Kier alpha value is -0.0400. The normalized spacial score (nSPS) is 18.2. The van der Waals surface area contributed by atoms with Crippen molar-refractivity contribution in [2.45, 2.75) is 59.5 Å². The molecule has 1 aliphatic rings. The first-order valence-corrected chi connectivity index (χ1v) is 7.83. The van der Waals surface area contributed by atoms with Crippen LogP contribution in [0.15, 0.2) is 4.99 Å². The van der Waals surface area contributed by atoms with Crippen LogP contribution in [-0.2, 0) is 0 Å². The van der Waals surface area contributed by atoms with Crippen LogP contribution in [0.2, 0.25) is 0 Å². The first kappa shape index (κ1) is 20.0. The van der Waals surface area contributed by atoms with E-state index in [1.54, 1.807) is 0 Å². The molecule has 0 aromatic carbocycles. The summed E-state index contributed by atoms with van der Waals surface area (Å²) in [6.45, 7) is 15.3. The van der Waals surface area contributed by atoms with Crippen LogP contribution in [0.5, 0.6) is 0 Å². The Morgan fingerprint density at radius 2 is 1.75 bits per heavy atom. The van der Waals surface area contributed by atoms with Gasteiger partial charge in [0.15, 0.2) is 5.96 Å². The second kappa shape index (κ2) is 10.7. The zero-order valence-corrected chi connectivity index (χ0v) is 16.1. The molecule has 4 nitrogen and oxygen atoms in total. The molecule has 5 heteroatoms. The van der Waals surface area contributed by atoms with Gasteiger partial charge in [0.2, 0.25) is 0 Å². The average Bonchev–Trinajstić information content (AvgIpc) is 2.81. The maximum Gasteiger partial charge on any atom is 0.191 e. The monoisotopic (exact) mass is 396 g/mol. The summed E-state index contributed by atoms with van der Waals surface area (Å²) in [6.07, 6.45) is 2.69. The van der Waals surface area contributed by atoms with Crippen molar-refractivity contribution < 1.29 is 0 Å². The number of guanidine groups is 1. The molecule has 1 aliphatic heterocycles. The lowest BCUT2D eigenvalue weighted by Gasteiger charge is -2.29. The van der Waals surface area contributed by atoms with Gasteiger partial charge in [-0.05, 0) is 52.6 Å². The van der Waals surface area contributed by atoms with E-state index in [0.717, 1.165) is 19.0 Å². The summed E-state index contributed by atoms with van der Waals surface area (Å²) in [5, 5.41) is 6.71. The smallest absolute Gasteiger partial charge is 0.191 e. The summed E-state index contributed by atoms with van der Waals surface area (Å²) >= 11 is 0. The average molecular weight is 396 g/mol. The number of likely N-dealkylation sites (tertiary alicyclic amines) is 1. The van der Waals surface area contributed by atoms with Crippen LogP contribution >= 0.6 is 24.0 Å². The Balaban J connectivity index is 0.00000361. The molecule has 1 unspecified atom stereocenters. The first-order chi connectivity index (χ1) is 9.04. The second-order valence-corrected chi connectivity index (χ2v) is 6.07. The van der Waals surface area contributed by atoms with Gasteiger partial charge in [0.05, 0.1) is 6.54 Å². The first-order valence-electron chi connectivity index (χ1n) is 7.83. The van der Waals surface area contributed by atoms with Crippen LogP contribution in [0.3, 0.4) is 0 Å². The summed E-state index contributed by atoms with van der Waals surface area (Å²) in [7, 11) is 0.